The monoisotopic (exact) mass is 712 g/mol. The van der Waals surface area contributed by atoms with Gasteiger partial charge in [0.15, 0.2) is 0 Å². The van der Waals surface area contributed by atoms with Gasteiger partial charge >= 0.3 is 0 Å². The van der Waals surface area contributed by atoms with Gasteiger partial charge in [-0.2, -0.15) is 0 Å². The van der Waals surface area contributed by atoms with Crippen LogP contribution in [0.4, 0.5) is 56.9 Å². The van der Waals surface area contributed by atoms with Gasteiger partial charge in [0.05, 0.1) is 5.69 Å². The second-order valence-corrected chi connectivity index (χ2v) is 13.7. The molecular formula is C51H44N4. The number of rotatable bonds is 11. The van der Waals surface area contributed by atoms with Crippen LogP contribution in [0, 0.1) is 6.92 Å². The molecule has 0 saturated heterocycles. The van der Waals surface area contributed by atoms with Crippen molar-refractivity contribution < 1.29 is 0 Å². The summed E-state index contributed by atoms with van der Waals surface area (Å²) < 4.78 is 0. The Morgan fingerprint density at radius 2 is 0.582 bits per heavy atom. The second kappa shape index (κ2) is 15.9. The molecule has 8 aromatic rings. The maximum atomic E-state index is 2.36. The molecule has 0 aliphatic carbocycles. The van der Waals surface area contributed by atoms with Gasteiger partial charge < -0.3 is 19.6 Å². The Hall–Kier alpha value is -7.04. The quantitative estimate of drug-likeness (QED) is 0.132. The van der Waals surface area contributed by atoms with E-state index in [1.54, 1.807) is 0 Å². The predicted octanol–water partition coefficient (Wildman–Crippen LogP) is 14.1. The van der Waals surface area contributed by atoms with Crippen LogP contribution < -0.4 is 19.6 Å². The lowest BCUT2D eigenvalue weighted by Crippen LogP contribution is -2.13. The fourth-order valence-corrected chi connectivity index (χ4v) is 7.10. The molecule has 55 heavy (non-hydrogen) atoms. The van der Waals surface area contributed by atoms with E-state index in [2.05, 4.69) is 247 Å². The van der Waals surface area contributed by atoms with Crippen molar-refractivity contribution in [1.82, 2.24) is 0 Å². The van der Waals surface area contributed by atoms with Crippen molar-refractivity contribution in [2.75, 3.05) is 33.7 Å². The molecule has 0 aromatic heterocycles. The number of anilines is 10. The molecule has 0 fully saturated rings. The van der Waals surface area contributed by atoms with Gasteiger partial charge in [0.2, 0.25) is 0 Å². The van der Waals surface area contributed by atoms with Gasteiger partial charge in [-0.3, -0.25) is 0 Å². The lowest BCUT2D eigenvalue weighted by atomic mass is 10.0. The maximum Gasteiger partial charge on any atom is 0.0540 e. The van der Waals surface area contributed by atoms with Crippen molar-refractivity contribution in [1.29, 1.82) is 0 Å². The van der Waals surface area contributed by atoms with Crippen molar-refractivity contribution in [2.45, 2.75) is 6.92 Å². The first-order chi connectivity index (χ1) is 27.0. The first-order valence-corrected chi connectivity index (χ1v) is 18.7. The molecule has 0 heterocycles. The summed E-state index contributed by atoms with van der Waals surface area (Å²) in [6.45, 7) is 2.13. The molecule has 8 rings (SSSR count). The first-order valence-electron chi connectivity index (χ1n) is 18.7. The first kappa shape index (κ1) is 35.0. The summed E-state index contributed by atoms with van der Waals surface area (Å²) >= 11 is 0. The largest absolute Gasteiger partial charge is 0.345 e. The zero-order valence-electron chi connectivity index (χ0n) is 31.5. The van der Waals surface area contributed by atoms with Crippen LogP contribution in [-0.4, -0.2) is 14.1 Å². The smallest absolute Gasteiger partial charge is 0.0540 e. The summed E-state index contributed by atoms with van der Waals surface area (Å²) in [5.41, 5.74) is 14.7. The standard InChI is InChI=1S/C51H44N4/c1-39-23-27-48(28-24-39)55(49-37-33-44(34-38-49)53(3)42-17-9-5-10-18-42)51-22-14-13-21-50(51)40-25-29-46(30-26-40)54(45-19-11-6-12-20-45)47-35-31-43(32-36-47)52(2)41-15-7-4-8-16-41/h4-38H,1-3H3. The van der Waals surface area contributed by atoms with E-state index in [1.165, 1.54) is 5.56 Å². The fourth-order valence-electron chi connectivity index (χ4n) is 7.10. The maximum absolute atomic E-state index is 2.36. The van der Waals surface area contributed by atoms with Crippen molar-refractivity contribution in [3.8, 4) is 11.1 Å². The summed E-state index contributed by atoms with van der Waals surface area (Å²) in [5.74, 6) is 0. The molecule has 0 aliphatic heterocycles. The van der Waals surface area contributed by atoms with Gasteiger partial charge in [-0.1, -0.05) is 103 Å². The van der Waals surface area contributed by atoms with Crippen LogP contribution in [0.5, 0.6) is 0 Å². The number of hydrogen-bond donors (Lipinski definition) is 0. The average Bonchev–Trinajstić information content (AvgIpc) is 3.26. The zero-order valence-corrected chi connectivity index (χ0v) is 31.5. The van der Waals surface area contributed by atoms with Gasteiger partial charge in [0.1, 0.15) is 0 Å². The highest BCUT2D eigenvalue weighted by Crippen LogP contribution is 2.43. The molecule has 268 valence electrons. The third kappa shape index (κ3) is 7.57. The van der Waals surface area contributed by atoms with E-state index >= 15 is 0 Å². The van der Waals surface area contributed by atoms with Crippen LogP contribution in [-0.2, 0) is 0 Å². The van der Waals surface area contributed by atoms with Gasteiger partial charge in [-0.05, 0) is 128 Å². The Morgan fingerprint density at radius 3 is 1.05 bits per heavy atom. The Labute approximate surface area is 325 Å². The molecular weight excluding hydrogens is 669 g/mol. The van der Waals surface area contributed by atoms with Gasteiger partial charge in [-0.15, -0.1) is 0 Å². The third-order valence-electron chi connectivity index (χ3n) is 10.2. The molecule has 0 bridgehead atoms. The zero-order chi connectivity index (χ0) is 37.6. The summed E-state index contributed by atoms with van der Waals surface area (Å²) in [7, 11) is 4.22. The SMILES string of the molecule is Cc1ccc(N(c2ccc(N(C)c3ccccc3)cc2)c2ccccc2-c2ccc(N(c3ccccc3)c3ccc(N(C)c4ccccc4)cc3)cc2)cc1. The number of aryl methyl sites for hydroxylation is 1. The average molecular weight is 713 g/mol. The Morgan fingerprint density at radius 1 is 0.273 bits per heavy atom. The summed E-state index contributed by atoms with van der Waals surface area (Å²) in [6.07, 6.45) is 0. The van der Waals surface area contributed by atoms with E-state index in [9.17, 15) is 0 Å². The second-order valence-electron chi connectivity index (χ2n) is 13.7. The number of benzene rings is 8. The number of para-hydroxylation sites is 4. The van der Waals surface area contributed by atoms with Gasteiger partial charge in [-0.25, -0.2) is 0 Å². The van der Waals surface area contributed by atoms with Crippen molar-refractivity contribution in [2.24, 2.45) is 0 Å². The van der Waals surface area contributed by atoms with E-state index in [1.807, 2.05) is 6.07 Å². The normalized spacial score (nSPS) is 10.8. The molecule has 4 heteroatoms. The Bertz CT molecular complexity index is 2430. The van der Waals surface area contributed by atoms with E-state index < -0.39 is 0 Å². The minimum Gasteiger partial charge on any atom is -0.345 e. The van der Waals surface area contributed by atoms with Gasteiger partial charge in [0.25, 0.3) is 0 Å². The lowest BCUT2D eigenvalue weighted by Gasteiger charge is -2.29. The summed E-state index contributed by atoms with van der Waals surface area (Å²) in [4.78, 5) is 9.10. The van der Waals surface area contributed by atoms with E-state index in [4.69, 9.17) is 0 Å². The van der Waals surface area contributed by atoms with Crippen molar-refractivity contribution in [3.05, 3.63) is 218 Å². The van der Waals surface area contributed by atoms with Crippen LogP contribution in [0.25, 0.3) is 11.1 Å². The summed E-state index contributed by atoms with van der Waals surface area (Å²) in [5, 5.41) is 0. The van der Waals surface area contributed by atoms with E-state index in [-0.39, 0.29) is 0 Å². The molecule has 0 radical (unpaired) electrons. The Balaban J connectivity index is 1.14. The van der Waals surface area contributed by atoms with Crippen LogP contribution in [0.2, 0.25) is 0 Å². The summed E-state index contributed by atoms with van der Waals surface area (Å²) in [6, 6.07) is 75.5. The Kier molecular flexibility index (Phi) is 10.1. The molecule has 0 N–H and O–H groups in total. The van der Waals surface area contributed by atoms with Crippen molar-refractivity contribution in [3.63, 3.8) is 0 Å². The van der Waals surface area contributed by atoms with Crippen LogP contribution in [0.3, 0.4) is 0 Å². The highest BCUT2D eigenvalue weighted by molar-refractivity contribution is 5.89. The van der Waals surface area contributed by atoms with E-state index in [0.717, 1.165) is 68.0 Å². The highest BCUT2D eigenvalue weighted by atomic mass is 15.2. The fraction of sp³-hybridized carbons (Fsp3) is 0.0588. The highest BCUT2D eigenvalue weighted by Gasteiger charge is 2.19. The van der Waals surface area contributed by atoms with Crippen LogP contribution in [0.1, 0.15) is 5.56 Å². The molecule has 0 unspecified atom stereocenters. The molecule has 4 nitrogen and oxygen atoms in total. The number of hydrogen-bond acceptors (Lipinski definition) is 4. The third-order valence-corrected chi connectivity index (χ3v) is 10.2. The molecule has 0 aliphatic rings. The minimum absolute atomic E-state index is 1.09. The number of nitrogens with zero attached hydrogens (tertiary/aromatic N) is 4. The molecule has 0 amide bonds. The molecule has 0 atom stereocenters. The van der Waals surface area contributed by atoms with E-state index in [0.29, 0.717) is 0 Å². The van der Waals surface area contributed by atoms with Crippen LogP contribution in [0.15, 0.2) is 212 Å². The molecule has 0 saturated carbocycles. The molecule has 8 aromatic carbocycles. The van der Waals surface area contributed by atoms with Gasteiger partial charge in [0, 0.05) is 70.8 Å². The topological polar surface area (TPSA) is 13.0 Å². The molecule has 0 spiro atoms. The van der Waals surface area contributed by atoms with Crippen molar-refractivity contribution >= 4 is 56.9 Å². The predicted molar refractivity (Wildman–Crippen MR) is 235 cm³/mol. The van der Waals surface area contributed by atoms with Crippen LogP contribution >= 0.6 is 0 Å². The lowest BCUT2D eigenvalue weighted by molar-refractivity contribution is 1.20. The minimum atomic E-state index is 1.09.